The van der Waals surface area contributed by atoms with Crippen molar-refractivity contribution in [2.75, 3.05) is 6.61 Å². The number of aliphatic hydroxyl groups excluding tert-OH is 1. The normalized spacial score (nSPS) is 14.3. The Balaban J connectivity index is 4.50. The molecular weight excluding hydrogens is 168 g/mol. The van der Waals surface area contributed by atoms with Crippen molar-refractivity contribution in [3.8, 4) is 0 Å². The summed E-state index contributed by atoms with van der Waals surface area (Å²) in [6, 6.07) is -0.643. The Kier molecular flexibility index (Phi) is 4.20. The molecule has 0 heterocycles. The molecule has 0 radical (unpaired) electrons. The fraction of sp³-hybridized carbons (Fsp3) is 0.889. The van der Waals surface area contributed by atoms with E-state index in [1.807, 2.05) is 27.7 Å². The second-order valence-corrected chi connectivity index (χ2v) is 4.38. The lowest BCUT2D eigenvalue weighted by Gasteiger charge is -2.35. The molecule has 1 atom stereocenters. The first-order valence-corrected chi connectivity index (χ1v) is 4.48. The third-order valence-corrected chi connectivity index (χ3v) is 2.21. The quantitative estimate of drug-likeness (QED) is 0.607. The topological polar surface area (TPSA) is 75.3 Å². The number of nitrogens with one attached hydrogen (secondary N) is 1. The van der Waals surface area contributed by atoms with Crippen LogP contribution in [0.2, 0.25) is 0 Å². The molecule has 0 rings (SSSR count). The molecule has 0 fully saturated rings. The average Bonchev–Trinajstić information content (AvgIpc) is 1.99. The molecule has 78 valence electrons. The minimum absolute atomic E-state index is 0.0239. The lowest BCUT2D eigenvalue weighted by atomic mass is 9.79. The summed E-state index contributed by atoms with van der Waals surface area (Å²) in [5.74, 6) is 0.245. The monoisotopic (exact) mass is 188 g/mol. The van der Waals surface area contributed by atoms with E-state index in [-0.39, 0.29) is 24.0 Å². The number of rotatable bonds is 4. The van der Waals surface area contributed by atoms with Crippen molar-refractivity contribution in [1.29, 1.82) is 0 Å². The first kappa shape index (κ1) is 12.2. The maximum Gasteiger partial charge on any atom is 0.312 e. The molecule has 4 heteroatoms. The molecule has 0 saturated heterocycles. The van der Waals surface area contributed by atoms with Crippen LogP contribution in [0.25, 0.3) is 0 Å². The van der Waals surface area contributed by atoms with Crippen molar-refractivity contribution in [1.82, 2.24) is 5.32 Å². The van der Waals surface area contributed by atoms with E-state index >= 15 is 0 Å². The van der Waals surface area contributed by atoms with E-state index in [9.17, 15) is 4.79 Å². The summed E-state index contributed by atoms with van der Waals surface area (Å²) < 4.78 is 0. The lowest BCUT2D eigenvalue weighted by Crippen LogP contribution is -2.51. The van der Waals surface area contributed by atoms with Gasteiger partial charge in [0.2, 0.25) is 0 Å². The molecule has 0 aromatic carbocycles. The van der Waals surface area contributed by atoms with Crippen LogP contribution in [0.4, 0.5) is 4.79 Å². The number of hydrogen-bond donors (Lipinski definition) is 3. The van der Waals surface area contributed by atoms with Crippen LogP contribution in [0.1, 0.15) is 27.7 Å². The molecule has 4 nitrogen and oxygen atoms in total. The van der Waals surface area contributed by atoms with E-state index in [1.165, 1.54) is 0 Å². The Morgan fingerprint density at radius 3 is 2.23 bits per heavy atom. The van der Waals surface area contributed by atoms with Gasteiger partial charge in [-0.2, -0.15) is 0 Å². The van der Waals surface area contributed by atoms with Crippen molar-refractivity contribution >= 4 is 6.03 Å². The van der Waals surface area contributed by atoms with Crippen LogP contribution in [-0.2, 0) is 0 Å². The molecule has 0 bridgehead atoms. The number of amides is 2. The number of hydrogen-bond acceptors (Lipinski definition) is 2. The average molecular weight is 188 g/mol. The largest absolute Gasteiger partial charge is 0.396 e. The zero-order valence-corrected chi connectivity index (χ0v) is 8.79. The number of urea groups is 1. The van der Waals surface area contributed by atoms with Gasteiger partial charge in [-0.1, -0.05) is 27.7 Å². The molecule has 2 amide bonds. The predicted octanol–water partition coefficient (Wildman–Crippen LogP) is 0.698. The molecule has 13 heavy (non-hydrogen) atoms. The molecule has 0 spiro atoms. The molecular formula is C9H20N2O2. The predicted molar refractivity (Wildman–Crippen MR) is 52.2 cm³/mol. The zero-order chi connectivity index (χ0) is 10.6. The van der Waals surface area contributed by atoms with Crippen LogP contribution in [-0.4, -0.2) is 23.8 Å². The number of aliphatic hydroxyl groups is 1. The summed E-state index contributed by atoms with van der Waals surface area (Å²) in [5.41, 5.74) is 4.71. The van der Waals surface area contributed by atoms with Gasteiger partial charge >= 0.3 is 6.03 Å². The van der Waals surface area contributed by atoms with Gasteiger partial charge in [-0.05, 0) is 5.92 Å². The van der Waals surface area contributed by atoms with Gasteiger partial charge in [0, 0.05) is 11.5 Å². The third-order valence-electron chi connectivity index (χ3n) is 2.21. The van der Waals surface area contributed by atoms with Crippen LogP contribution >= 0.6 is 0 Å². The van der Waals surface area contributed by atoms with Crippen molar-refractivity contribution in [3.63, 3.8) is 0 Å². The van der Waals surface area contributed by atoms with Gasteiger partial charge in [0.15, 0.2) is 0 Å². The highest BCUT2D eigenvalue weighted by molar-refractivity contribution is 5.72. The highest BCUT2D eigenvalue weighted by atomic mass is 16.3. The molecule has 1 unspecified atom stereocenters. The first-order valence-electron chi connectivity index (χ1n) is 4.48. The molecule has 0 aliphatic carbocycles. The molecule has 0 aromatic heterocycles. The summed E-state index contributed by atoms with van der Waals surface area (Å²) in [4.78, 5) is 10.7. The van der Waals surface area contributed by atoms with Crippen molar-refractivity contribution in [2.24, 2.45) is 17.1 Å². The van der Waals surface area contributed by atoms with E-state index in [0.717, 1.165) is 0 Å². The number of primary amides is 1. The summed E-state index contributed by atoms with van der Waals surface area (Å²) in [6.07, 6.45) is 0. The van der Waals surface area contributed by atoms with Crippen LogP contribution < -0.4 is 11.1 Å². The van der Waals surface area contributed by atoms with E-state index in [2.05, 4.69) is 5.32 Å². The number of carbonyl (C=O) groups excluding carboxylic acids is 1. The van der Waals surface area contributed by atoms with E-state index in [0.29, 0.717) is 0 Å². The number of carbonyl (C=O) groups is 1. The molecule has 0 saturated carbocycles. The van der Waals surface area contributed by atoms with E-state index < -0.39 is 6.03 Å². The summed E-state index contributed by atoms with van der Waals surface area (Å²) in [7, 11) is 0. The second-order valence-electron chi connectivity index (χ2n) is 4.38. The molecule has 4 N–H and O–H groups in total. The zero-order valence-electron chi connectivity index (χ0n) is 8.79. The lowest BCUT2D eigenvalue weighted by molar-refractivity contribution is 0.0983. The van der Waals surface area contributed by atoms with E-state index in [4.69, 9.17) is 10.8 Å². The second kappa shape index (κ2) is 4.46. The first-order chi connectivity index (χ1) is 5.81. The molecule has 0 aromatic rings. The molecule has 0 aliphatic heterocycles. The van der Waals surface area contributed by atoms with Gasteiger partial charge in [-0.3, -0.25) is 0 Å². The Bertz CT molecular complexity index is 178. The van der Waals surface area contributed by atoms with Gasteiger partial charge in [0.25, 0.3) is 0 Å². The van der Waals surface area contributed by atoms with Crippen LogP contribution in [0, 0.1) is 11.3 Å². The highest BCUT2D eigenvalue weighted by Gasteiger charge is 2.31. The standard InChI is InChI=1S/C9H20N2O2/c1-6(2)7(11-8(10)13)9(3,4)5-12/h6-7,12H,5H2,1-4H3,(H3,10,11,13). The smallest absolute Gasteiger partial charge is 0.312 e. The third kappa shape index (κ3) is 3.63. The van der Waals surface area contributed by atoms with Crippen LogP contribution in [0.15, 0.2) is 0 Å². The van der Waals surface area contributed by atoms with Crippen molar-refractivity contribution in [3.05, 3.63) is 0 Å². The summed E-state index contributed by atoms with van der Waals surface area (Å²) in [6.45, 7) is 7.79. The maximum atomic E-state index is 10.7. The summed E-state index contributed by atoms with van der Waals surface area (Å²) in [5, 5.41) is 11.8. The van der Waals surface area contributed by atoms with Crippen LogP contribution in [0.3, 0.4) is 0 Å². The van der Waals surface area contributed by atoms with Crippen molar-refractivity contribution < 1.29 is 9.90 Å². The fourth-order valence-electron chi connectivity index (χ4n) is 1.52. The van der Waals surface area contributed by atoms with Gasteiger partial charge in [0.1, 0.15) is 0 Å². The maximum absolute atomic E-state index is 10.7. The summed E-state index contributed by atoms with van der Waals surface area (Å²) >= 11 is 0. The Morgan fingerprint density at radius 1 is 1.54 bits per heavy atom. The van der Waals surface area contributed by atoms with Crippen molar-refractivity contribution in [2.45, 2.75) is 33.7 Å². The van der Waals surface area contributed by atoms with Gasteiger partial charge in [0.05, 0.1) is 6.61 Å². The fourth-order valence-corrected chi connectivity index (χ4v) is 1.52. The van der Waals surface area contributed by atoms with Gasteiger partial charge in [-0.25, -0.2) is 4.79 Å². The Labute approximate surface area is 79.5 Å². The van der Waals surface area contributed by atoms with Gasteiger partial charge < -0.3 is 16.2 Å². The Morgan fingerprint density at radius 2 is 2.00 bits per heavy atom. The minimum atomic E-state index is -0.541. The van der Waals surface area contributed by atoms with Crippen LogP contribution in [0.5, 0.6) is 0 Å². The molecule has 0 aliphatic rings. The minimum Gasteiger partial charge on any atom is -0.396 e. The van der Waals surface area contributed by atoms with E-state index in [1.54, 1.807) is 0 Å². The highest BCUT2D eigenvalue weighted by Crippen LogP contribution is 2.25. The number of nitrogens with two attached hydrogens (primary N) is 1. The van der Waals surface area contributed by atoms with Gasteiger partial charge in [-0.15, -0.1) is 0 Å². The SMILES string of the molecule is CC(C)C(NC(N)=O)C(C)(C)CO. The Hall–Kier alpha value is -0.770.